The summed E-state index contributed by atoms with van der Waals surface area (Å²) in [6, 6.07) is 31.2. The van der Waals surface area contributed by atoms with Gasteiger partial charge in [-0.2, -0.15) is 18.2 Å². The third-order valence-electron chi connectivity index (χ3n) is 4.85. The van der Waals surface area contributed by atoms with Crippen molar-refractivity contribution < 1.29 is 9.53 Å². The minimum atomic E-state index is -0.282. The predicted molar refractivity (Wildman–Crippen MR) is 110 cm³/mol. The van der Waals surface area contributed by atoms with E-state index in [2.05, 4.69) is 59.5 Å². The molecule has 0 aliphatic carbocycles. The molecule has 30 heavy (non-hydrogen) atoms. The second-order valence-corrected chi connectivity index (χ2v) is 7.02. The van der Waals surface area contributed by atoms with E-state index in [0.717, 1.165) is 18.8 Å². The average molecular weight is 889 g/mol. The predicted octanol–water partition coefficient (Wildman–Crippen LogP) is 4.51. The summed E-state index contributed by atoms with van der Waals surface area (Å²) in [7, 11) is 0. The van der Waals surface area contributed by atoms with E-state index in [1.165, 1.54) is 11.1 Å². The van der Waals surface area contributed by atoms with Crippen LogP contribution in [0.1, 0.15) is 11.1 Å². The number of cyclic esters (lactones) is 1. The molecule has 0 unspecified atom stereocenters. The number of carbonyl (C=O) groups is 1. The zero-order chi connectivity index (χ0) is 19.2. The number of hydrogen-bond donors (Lipinski definition) is 0. The van der Waals surface area contributed by atoms with Gasteiger partial charge < -0.3 is 4.74 Å². The van der Waals surface area contributed by atoms with Crippen LogP contribution in [0.2, 0.25) is 0 Å². The monoisotopic (exact) mass is 889 g/mol. The van der Waals surface area contributed by atoms with Crippen LogP contribution in [0, 0.1) is 6.07 Å². The molecule has 1 heterocycles. The molecule has 1 saturated heterocycles. The van der Waals surface area contributed by atoms with Crippen LogP contribution in [0.15, 0.2) is 84.9 Å². The molecule has 1 amide bonds. The molecule has 4 nitrogen and oxygen atoms in total. The molecule has 6 heteroatoms. The average Bonchev–Trinajstić information content (AvgIpc) is 3.10. The third-order valence-corrected chi connectivity index (χ3v) is 4.85. The van der Waals surface area contributed by atoms with Crippen molar-refractivity contribution in [1.82, 2.24) is 4.90 Å². The Hall–Kier alpha value is -5.11. The van der Waals surface area contributed by atoms with Gasteiger partial charge in [0.05, 0.1) is 6.54 Å². The van der Waals surface area contributed by atoms with E-state index in [-0.39, 0.29) is 12.2 Å². The minimum absolute atomic E-state index is 0. The van der Waals surface area contributed by atoms with Crippen LogP contribution in [0.3, 0.4) is 0 Å². The molecule has 0 N–H and O–H groups in total. The molecule has 0 bridgehead atoms. The molecule has 0 saturated carbocycles. The van der Waals surface area contributed by atoms with Crippen LogP contribution < -0.4 is 4.90 Å². The normalized spacial score (nSPS) is 15.3. The van der Waals surface area contributed by atoms with Gasteiger partial charge in [0, 0.05) is 19.6 Å². The number of ether oxygens (including phenoxy) is 1. The Bertz CT molecular complexity index is 853. The van der Waals surface area contributed by atoms with Crippen molar-refractivity contribution in [3.8, 4) is 0 Å². The largest absolute Gasteiger partial charge is 0.443 e. The number of anilines is 1. The van der Waals surface area contributed by atoms with Gasteiger partial charge in [0.1, 0.15) is 6.10 Å². The molecule has 1 aliphatic rings. The van der Waals surface area contributed by atoms with Crippen LogP contribution in [0.25, 0.3) is 0 Å². The molecule has 170 valence electrons. The summed E-state index contributed by atoms with van der Waals surface area (Å²) < 4.78 is 5.67. The topological polar surface area (TPSA) is 32.8 Å². The molecule has 3 aromatic carbocycles. The Labute approximate surface area is 166 Å². The van der Waals surface area contributed by atoms with E-state index >= 15 is 0 Å². The maximum atomic E-state index is 12.4. The number of hydrogen-bond acceptors (Lipinski definition) is 3. The zero-order valence-electron chi connectivity index (χ0n) is 16.2. The molecule has 4 rings (SSSR count). The van der Waals surface area contributed by atoms with E-state index < -0.39 is 0 Å². The van der Waals surface area contributed by atoms with Gasteiger partial charge in [-0.25, -0.2) is 4.79 Å². The molecule has 3 aromatic rings. The minimum Gasteiger partial charge on any atom is -0.443 e. The smallest absolute Gasteiger partial charge is 0.412 e. The van der Waals surface area contributed by atoms with Crippen LogP contribution >= 0.6 is 0 Å². The number of amides is 1. The second kappa shape index (κ2) is 9.72. The first-order chi connectivity index (χ1) is 13.8. The first kappa shape index (κ1) is 21.2. The molecule has 1 aliphatic heterocycles. The summed E-state index contributed by atoms with van der Waals surface area (Å²) in [6.45, 7) is 2.86. The molecule has 0 radical (unpaired) electrons. The van der Waals surface area contributed by atoms with Gasteiger partial charge >= 0.3 is 6.09 Å². The number of benzene rings is 3. The maximum Gasteiger partial charge on any atom is 0.412 e. The molecule has 0 aromatic heterocycles. The first-order valence-corrected chi connectivity index (χ1v) is 9.52. The molecule has 0 spiro atoms. The zero-order valence-corrected chi connectivity index (χ0v) is 20.7. The van der Waals surface area contributed by atoms with E-state index in [0.29, 0.717) is 13.1 Å². The van der Waals surface area contributed by atoms with E-state index in [4.69, 9.17) is 4.74 Å². The summed E-state index contributed by atoms with van der Waals surface area (Å²) >= 11 is 0. The molecular formula is C24H23N2No2O2-. The van der Waals surface area contributed by atoms with Crippen molar-refractivity contribution in [2.75, 3.05) is 18.0 Å². The van der Waals surface area contributed by atoms with E-state index in [1.54, 1.807) is 4.90 Å². The summed E-state index contributed by atoms with van der Waals surface area (Å²) in [5, 5.41) is 0. The van der Waals surface area contributed by atoms with Crippen molar-refractivity contribution in [3.05, 3.63) is 102 Å². The molecule has 1 fully saturated rings. The van der Waals surface area contributed by atoms with Crippen LogP contribution in [-0.4, -0.2) is 30.2 Å². The summed E-state index contributed by atoms with van der Waals surface area (Å²) in [5.41, 5.74) is 3.35. The van der Waals surface area contributed by atoms with Crippen LogP contribution in [-0.2, 0) is 17.8 Å². The number of carbonyl (C=O) groups excluding carboxylic acids is 1. The van der Waals surface area contributed by atoms with Gasteiger partial charge in [-0.15, -0.1) is 12.1 Å². The Morgan fingerprint density at radius 2 is 1.40 bits per heavy atom. The van der Waals surface area contributed by atoms with Gasteiger partial charge in [0.2, 0.25) is 0 Å². The van der Waals surface area contributed by atoms with Crippen molar-refractivity contribution in [2.24, 2.45) is 0 Å². The fraction of sp³-hybridized carbons (Fsp3) is 0.208. The Kier molecular flexibility index (Phi) is 6.86. The Morgan fingerprint density at radius 3 is 1.93 bits per heavy atom. The van der Waals surface area contributed by atoms with Crippen molar-refractivity contribution >= 4 is 11.8 Å². The first-order valence-electron chi connectivity index (χ1n) is 9.52. The third kappa shape index (κ3) is 4.99. The fourth-order valence-corrected chi connectivity index (χ4v) is 3.54. The van der Waals surface area contributed by atoms with Crippen molar-refractivity contribution in [2.45, 2.75) is 19.2 Å². The molecule has 1 atom stereocenters. The summed E-state index contributed by atoms with van der Waals surface area (Å²) in [5.74, 6) is 0. The van der Waals surface area contributed by atoms with E-state index in [9.17, 15) is 4.79 Å². The Balaban J connectivity index is 0.00000160. The van der Waals surface area contributed by atoms with E-state index in [1.807, 2.05) is 36.4 Å². The van der Waals surface area contributed by atoms with Gasteiger partial charge in [-0.3, -0.25) is 9.80 Å². The standard InChI is InChI=1S/C24H23N2O2.2No/c27-24-26(22-14-8-3-9-15-22)19-23(28-24)18-25(16-20-10-4-1-5-11-20)17-21-12-6-2-7-13-21;;/h1-2,4-15,23H,16-19H2;;/q-1;;/t23-;;/m1../s1. The van der Waals surface area contributed by atoms with Gasteiger partial charge in [0.25, 0.3) is 0 Å². The summed E-state index contributed by atoms with van der Waals surface area (Å²) in [4.78, 5) is 16.4. The van der Waals surface area contributed by atoms with Gasteiger partial charge in [-0.05, 0) is 11.1 Å². The van der Waals surface area contributed by atoms with Crippen LogP contribution in [0.4, 0.5) is 10.5 Å². The van der Waals surface area contributed by atoms with Crippen molar-refractivity contribution in [3.63, 3.8) is 0 Å². The molecular weight excluding hydrogens is 866 g/mol. The fourth-order valence-electron chi connectivity index (χ4n) is 3.54. The number of rotatable bonds is 7. The quantitative estimate of drug-likeness (QED) is 0.328. The van der Waals surface area contributed by atoms with Gasteiger partial charge in [-0.1, -0.05) is 66.4 Å². The summed E-state index contributed by atoms with van der Waals surface area (Å²) in [6.07, 6.45) is -0.445. The Morgan fingerprint density at radius 1 is 0.867 bits per heavy atom. The van der Waals surface area contributed by atoms with Crippen LogP contribution in [0.5, 0.6) is 0 Å². The van der Waals surface area contributed by atoms with Gasteiger partial charge in [0.15, 0.2) is 0 Å². The number of nitrogens with zero attached hydrogens (tertiary/aromatic N) is 2. The second-order valence-electron chi connectivity index (χ2n) is 7.02. The SMILES string of the molecule is O=C1O[C@H](CN(Cc2ccccc2)Cc2ccccc2)CN1c1cc[c-]cc1.[No].[No]. The van der Waals surface area contributed by atoms with Crippen molar-refractivity contribution in [1.29, 1.82) is 0 Å². The maximum absolute atomic E-state index is 12.4.